The molecule has 0 spiro atoms. The van der Waals surface area contributed by atoms with Crippen LogP contribution < -0.4 is 16.0 Å². The predicted molar refractivity (Wildman–Crippen MR) is 137 cm³/mol. The maximum atomic E-state index is 7.95. The minimum absolute atomic E-state index is 0.200. The molecule has 0 aliphatic heterocycles. The van der Waals surface area contributed by atoms with Crippen LogP contribution in [0.2, 0.25) is 0 Å². The van der Waals surface area contributed by atoms with Gasteiger partial charge in [0.25, 0.3) is 0 Å². The second-order valence-electron chi connectivity index (χ2n) is 9.66. The predicted octanol–water partition coefficient (Wildman–Crippen LogP) is 5.69. The third-order valence-corrected chi connectivity index (χ3v) is 5.73. The van der Waals surface area contributed by atoms with Gasteiger partial charge in [-0.05, 0) is 58.7 Å². The first-order valence-electron chi connectivity index (χ1n) is 13.0. The van der Waals surface area contributed by atoms with Crippen LogP contribution in [-0.4, -0.2) is 49.5 Å². The van der Waals surface area contributed by atoms with E-state index in [9.17, 15) is 0 Å². The Kier molecular flexibility index (Phi) is 19.7. The van der Waals surface area contributed by atoms with Crippen molar-refractivity contribution in [3.8, 4) is 0 Å². The van der Waals surface area contributed by atoms with E-state index in [0.717, 1.165) is 38.9 Å². The van der Waals surface area contributed by atoms with Gasteiger partial charge in [0.2, 0.25) is 0 Å². The SMILES string of the molecule is CCCCCCCCCCCCN(C)CCCNC(=N)NC(=N)NC(C)CCC(C)C. The molecule has 0 aliphatic carbocycles. The lowest BCUT2D eigenvalue weighted by molar-refractivity contribution is 0.319. The summed E-state index contributed by atoms with van der Waals surface area (Å²) in [5.41, 5.74) is 0. The molecule has 6 nitrogen and oxygen atoms in total. The van der Waals surface area contributed by atoms with Gasteiger partial charge < -0.3 is 15.5 Å². The Labute approximate surface area is 193 Å². The van der Waals surface area contributed by atoms with Crippen molar-refractivity contribution in [1.29, 1.82) is 10.8 Å². The van der Waals surface area contributed by atoms with Crippen LogP contribution in [-0.2, 0) is 0 Å². The molecule has 1 atom stereocenters. The molecule has 0 amide bonds. The first-order valence-corrected chi connectivity index (χ1v) is 13.0. The van der Waals surface area contributed by atoms with E-state index in [-0.39, 0.29) is 18.0 Å². The first kappa shape index (κ1) is 29.7. The standard InChI is InChI=1S/C25H54N6/c1-6-7-8-9-10-11-12-13-14-15-20-31(5)21-16-19-28-24(26)30-25(27)29-23(4)18-17-22(2)3/h22-23H,6-21H2,1-5H3,(H5,26,27,28,29,30). The number of nitrogens with one attached hydrogen (secondary N) is 5. The fourth-order valence-corrected chi connectivity index (χ4v) is 3.65. The average Bonchev–Trinajstić information content (AvgIpc) is 2.71. The van der Waals surface area contributed by atoms with Crippen molar-refractivity contribution in [3.63, 3.8) is 0 Å². The van der Waals surface area contributed by atoms with Gasteiger partial charge in [-0.1, -0.05) is 78.6 Å². The molecular formula is C25H54N6. The highest BCUT2D eigenvalue weighted by Crippen LogP contribution is 2.10. The third-order valence-electron chi connectivity index (χ3n) is 5.73. The monoisotopic (exact) mass is 438 g/mol. The minimum Gasteiger partial charge on any atom is -0.356 e. The zero-order valence-corrected chi connectivity index (χ0v) is 21.4. The summed E-state index contributed by atoms with van der Waals surface area (Å²) < 4.78 is 0. The zero-order chi connectivity index (χ0) is 23.3. The second kappa shape index (κ2) is 20.6. The van der Waals surface area contributed by atoms with Gasteiger partial charge in [0.05, 0.1) is 0 Å². The fourth-order valence-electron chi connectivity index (χ4n) is 3.65. The molecule has 0 aliphatic rings. The van der Waals surface area contributed by atoms with Crippen LogP contribution in [0.15, 0.2) is 0 Å². The van der Waals surface area contributed by atoms with E-state index >= 15 is 0 Å². The average molecular weight is 439 g/mol. The van der Waals surface area contributed by atoms with Crippen LogP contribution in [0.1, 0.15) is 111 Å². The van der Waals surface area contributed by atoms with Crippen LogP contribution in [0.25, 0.3) is 0 Å². The molecule has 5 N–H and O–H groups in total. The second-order valence-corrected chi connectivity index (χ2v) is 9.66. The number of guanidine groups is 2. The van der Waals surface area contributed by atoms with Gasteiger partial charge in [-0.15, -0.1) is 0 Å². The lowest BCUT2D eigenvalue weighted by Gasteiger charge is -2.19. The molecule has 6 heteroatoms. The highest BCUT2D eigenvalue weighted by atomic mass is 15.2. The summed E-state index contributed by atoms with van der Waals surface area (Å²) in [6.07, 6.45) is 17.0. The van der Waals surface area contributed by atoms with E-state index in [4.69, 9.17) is 10.8 Å². The van der Waals surface area contributed by atoms with E-state index in [1.807, 2.05) is 0 Å². The van der Waals surface area contributed by atoms with Gasteiger partial charge in [-0.3, -0.25) is 16.1 Å². The summed E-state index contributed by atoms with van der Waals surface area (Å²) in [5.74, 6) is 1.08. The number of nitrogens with zero attached hydrogens (tertiary/aromatic N) is 1. The maximum absolute atomic E-state index is 7.95. The largest absolute Gasteiger partial charge is 0.356 e. The molecular weight excluding hydrogens is 384 g/mol. The summed E-state index contributed by atoms with van der Waals surface area (Å²) in [6, 6.07) is 0.245. The molecule has 0 aromatic carbocycles. The Morgan fingerprint density at radius 2 is 1.29 bits per heavy atom. The van der Waals surface area contributed by atoms with Crippen molar-refractivity contribution in [2.24, 2.45) is 5.92 Å². The summed E-state index contributed by atoms with van der Waals surface area (Å²) in [5, 5.41) is 24.9. The van der Waals surface area contributed by atoms with Crippen LogP contribution in [0, 0.1) is 16.7 Å². The molecule has 1 unspecified atom stereocenters. The maximum Gasteiger partial charge on any atom is 0.195 e. The van der Waals surface area contributed by atoms with Crippen molar-refractivity contribution in [2.75, 3.05) is 26.7 Å². The van der Waals surface area contributed by atoms with E-state index < -0.39 is 0 Å². The summed E-state index contributed by atoms with van der Waals surface area (Å²) in [4.78, 5) is 2.39. The van der Waals surface area contributed by atoms with Crippen molar-refractivity contribution in [3.05, 3.63) is 0 Å². The number of rotatable bonds is 19. The Bertz CT molecular complexity index is 438. The Morgan fingerprint density at radius 1 is 0.742 bits per heavy atom. The topological polar surface area (TPSA) is 87.0 Å². The molecule has 0 saturated carbocycles. The van der Waals surface area contributed by atoms with Crippen molar-refractivity contribution in [1.82, 2.24) is 20.9 Å². The molecule has 0 radical (unpaired) electrons. The van der Waals surface area contributed by atoms with Gasteiger partial charge in [0.15, 0.2) is 11.9 Å². The number of unbranched alkanes of at least 4 members (excludes halogenated alkanes) is 9. The molecule has 0 saturated heterocycles. The Balaban J connectivity index is 3.54. The molecule has 0 aromatic rings. The van der Waals surface area contributed by atoms with E-state index in [2.05, 4.69) is 55.6 Å². The van der Waals surface area contributed by atoms with Crippen molar-refractivity contribution >= 4 is 11.9 Å². The van der Waals surface area contributed by atoms with Gasteiger partial charge in [-0.25, -0.2) is 0 Å². The zero-order valence-electron chi connectivity index (χ0n) is 21.4. The van der Waals surface area contributed by atoms with E-state index in [0.29, 0.717) is 5.92 Å². The normalized spacial score (nSPS) is 12.2. The molecule has 0 heterocycles. The summed E-state index contributed by atoms with van der Waals surface area (Å²) in [6.45, 7) is 11.7. The van der Waals surface area contributed by atoms with E-state index in [1.165, 1.54) is 64.2 Å². The Hall–Kier alpha value is -1.30. The van der Waals surface area contributed by atoms with Crippen molar-refractivity contribution in [2.45, 2.75) is 117 Å². The van der Waals surface area contributed by atoms with Gasteiger partial charge in [0.1, 0.15) is 0 Å². The Morgan fingerprint density at radius 3 is 1.87 bits per heavy atom. The van der Waals surface area contributed by atoms with Gasteiger partial charge >= 0.3 is 0 Å². The van der Waals surface area contributed by atoms with Crippen LogP contribution >= 0.6 is 0 Å². The third kappa shape index (κ3) is 21.7. The molecule has 0 fully saturated rings. The highest BCUT2D eigenvalue weighted by molar-refractivity contribution is 5.95. The number of hydrogen-bond donors (Lipinski definition) is 5. The summed E-state index contributed by atoms with van der Waals surface area (Å²) in [7, 11) is 2.19. The van der Waals surface area contributed by atoms with Crippen LogP contribution in [0.3, 0.4) is 0 Å². The lowest BCUT2D eigenvalue weighted by atomic mass is 10.0. The molecule has 31 heavy (non-hydrogen) atoms. The van der Waals surface area contributed by atoms with Crippen LogP contribution in [0.5, 0.6) is 0 Å². The van der Waals surface area contributed by atoms with Crippen molar-refractivity contribution < 1.29 is 0 Å². The smallest absolute Gasteiger partial charge is 0.195 e. The summed E-state index contributed by atoms with van der Waals surface area (Å²) >= 11 is 0. The first-order chi connectivity index (χ1) is 14.8. The van der Waals surface area contributed by atoms with Crippen LogP contribution in [0.4, 0.5) is 0 Å². The highest BCUT2D eigenvalue weighted by Gasteiger charge is 2.07. The van der Waals surface area contributed by atoms with E-state index in [1.54, 1.807) is 0 Å². The molecule has 0 bridgehead atoms. The quantitative estimate of drug-likeness (QED) is 0.102. The molecule has 0 aromatic heterocycles. The molecule has 0 rings (SSSR count). The number of hydrogen-bond acceptors (Lipinski definition) is 3. The minimum atomic E-state index is 0.200. The molecule has 184 valence electrons. The van der Waals surface area contributed by atoms with Gasteiger partial charge in [-0.2, -0.15) is 0 Å². The van der Waals surface area contributed by atoms with Gasteiger partial charge in [0, 0.05) is 12.6 Å². The fraction of sp³-hybridized carbons (Fsp3) is 0.920. The lowest BCUT2D eigenvalue weighted by Crippen LogP contribution is -2.48.